The number of anilines is 9. The lowest BCUT2D eigenvalue weighted by atomic mass is 9.86. The first kappa shape index (κ1) is 49.4. The average molecular weight is 952 g/mol. The highest BCUT2D eigenvalue weighted by Crippen LogP contribution is 2.49. The number of nitrogens with zero attached hydrogens (tertiary/aromatic N) is 3. The molecule has 0 spiro atoms. The molecule has 8 aromatic rings. The molecule has 0 saturated carbocycles. The van der Waals surface area contributed by atoms with Gasteiger partial charge in [-0.2, -0.15) is 0 Å². The van der Waals surface area contributed by atoms with Gasteiger partial charge in [-0.05, 0) is 171 Å². The van der Waals surface area contributed by atoms with E-state index in [1.807, 2.05) is 11.3 Å². The summed E-state index contributed by atoms with van der Waals surface area (Å²) in [6.45, 7) is 29.7. The second kappa shape index (κ2) is 19.2. The fourth-order valence-corrected chi connectivity index (χ4v) is 10.7. The van der Waals surface area contributed by atoms with Gasteiger partial charge in [-0.15, -0.1) is 11.3 Å². The Hall–Kier alpha value is -6.62. The van der Waals surface area contributed by atoms with E-state index in [0.717, 1.165) is 58.3 Å². The summed E-state index contributed by atoms with van der Waals surface area (Å²) in [6.07, 6.45) is 9.14. The van der Waals surface area contributed by atoms with Crippen LogP contribution < -0.4 is 14.7 Å². The van der Waals surface area contributed by atoms with E-state index in [0.29, 0.717) is 0 Å². The van der Waals surface area contributed by atoms with E-state index in [1.54, 1.807) is 0 Å². The van der Waals surface area contributed by atoms with Crippen molar-refractivity contribution in [3.05, 3.63) is 215 Å². The van der Waals surface area contributed by atoms with Crippen molar-refractivity contribution in [2.24, 2.45) is 0 Å². The summed E-state index contributed by atoms with van der Waals surface area (Å²) in [5, 5.41) is 3.61. The van der Waals surface area contributed by atoms with E-state index < -0.39 is 0 Å². The average Bonchev–Trinajstić information content (AvgIpc) is 3.76. The molecule has 0 N–H and O–H groups in total. The molecule has 0 saturated heterocycles. The number of hydrogen-bond acceptors (Lipinski definition) is 4. The third kappa shape index (κ3) is 10.4. The van der Waals surface area contributed by atoms with Crippen LogP contribution in [0.2, 0.25) is 0 Å². The van der Waals surface area contributed by atoms with Gasteiger partial charge in [0, 0.05) is 49.6 Å². The maximum absolute atomic E-state index is 2.50. The molecule has 4 heteroatoms. The van der Waals surface area contributed by atoms with E-state index in [2.05, 4.69) is 286 Å². The Kier molecular flexibility index (Phi) is 13.3. The molecule has 0 radical (unpaired) electrons. The van der Waals surface area contributed by atoms with E-state index in [-0.39, 0.29) is 21.7 Å². The largest absolute Gasteiger partial charge is 0.310 e. The number of hydrogen-bond donors (Lipinski definition) is 0. The van der Waals surface area contributed by atoms with Gasteiger partial charge in [-0.1, -0.05) is 168 Å². The van der Waals surface area contributed by atoms with E-state index in [1.165, 1.54) is 54.7 Å². The minimum atomic E-state index is 0.0146. The molecule has 71 heavy (non-hydrogen) atoms. The SMILES string of the molecule is Cc1c(N(c2ccc(C(C)(C)C)cc2)c2cccc(N(c3ccc(C(C)(C)C)cc3)c3ccc(C(C)(C)C)cc3)c2)cccc1N(c1ccc(C(C)(C)C)cc1)c1csc2ccc(C3=CCCC=C3)cc12. The fourth-order valence-electron chi connectivity index (χ4n) is 9.79. The Labute approximate surface area is 429 Å². The Balaban J connectivity index is 1.24. The number of benzene rings is 7. The van der Waals surface area contributed by atoms with Crippen LogP contribution in [-0.2, 0) is 21.7 Å². The molecule has 0 unspecified atom stereocenters. The Morgan fingerprint density at radius 1 is 0.394 bits per heavy atom. The molecule has 362 valence electrons. The molecule has 1 aliphatic rings. The van der Waals surface area contributed by atoms with Crippen molar-refractivity contribution in [1.29, 1.82) is 0 Å². The first-order valence-electron chi connectivity index (χ1n) is 25.6. The quantitative estimate of drug-likeness (QED) is 0.135. The van der Waals surface area contributed by atoms with Gasteiger partial charge in [-0.3, -0.25) is 0 Å². The summed E-state index contributed by atoms with van der Waals surface area (Å²) in [6, 6.07) is 59.7. The molecule has 9 rings (SSSR count). The first-order valence-corrected chi connectivity index (χ1v) is 26.4. The predicted molar refractivity (Wildman–Crippen MR) is 312 cm³/mol. The minimum Gasteiger partial charge on any atom is -0.310 e. The van der Waals surface area contributed by atoms with Crippen molar-refractivity contribution < 1.29 is 0 Å². The monoisotopic (exact) mass is 952 g/mol. The van der Waals surface area contributed by atoms with Crippen LogP contribution >= 0.6 is 11.3 Å². The normalized spacial score (nSPS) is 13.3. The van der Waals surface area contributed by atoms with Crippen LogP contribution in [0.3, 0.4) is 0 Å². The van der Waals surface area contributed by atoms with E-state index >= 15 is 0 Å². The van der Waals surface area contributed by atoms with Gasteiger partial charge in [0.15, 0.2) is 0 Å². The number of thiophene rings is 1. The summed E-state index contributed by atoms with van der Waals surface area (Å²) in [5.41, 5.74) is 19.2. The number of allylic oxidation sites excluding steroid dienone is 4. The molecule has 0 atom stereocenters. The van der Waals surface area contributed by atoms with Gasteiger partial charge >= 0.3 is 0 Å². The molecular weight excluding hydrogens is 879 g/mol. The minimum absolute atomic E-state index is 0.0146. The predicted octanol–water partition coefficient (Wildman–Crippen LogP) is 20.5. The second-order valence-electron chi connectivity index (χ2n) is 23.6. The van der Waals surface area contributed by atoms with Crippen LogP contribution in [0, 0.1) is 6.92 Å². The maximum Gasteiger partial charge on any atom is 0.0647 e. The molecule has 0 fully saturated rings. The molecular formula is C67H73N3S. The molecule has 0 amide bonds. The molecule has 3 nitrogen and oxygen atoms in total. The number of fused-ring (bicyclic) bond motifs is 1. The van der Waals surface area contributed by atoms with E-state index in [4.69, 9.17) is 0 Å². The Morgan fingerprint density at radius 2 is 0.817 bits per heavy atom. The third-order valence-corrected chi connectivity index (χ3v) is 15.1. The van der Waals surface area contributed by atoms with Gasteiger partial charge in [0.25, 0.3) is 0 Å². The number of rotatable bonds is 10. The highest BCUT2D eigenvalue weighted by Gasteiger charge is 2.26. The van der Waals surface area contributed by atoms with Crippen LogP contribution in [0.15, 0.2) is 181 Å². The summed E-state index contributed by atoms with van der Waals surface area (Å²) in [7, 11) is 0. The van der Waals surface area contributed by atoms with Crippen molar-refractivity contribution in [3.63, 3.8) is 0 Å². The van der Waals surface area contributed by atoms with Crippen LogP contribution in [0.25, 0.3) is 15.7 Å². The topological polar surface area (TPSA) is 9.72 Å². The highest BCUT2D eigenvalue weighted by atomic mass is 32.1. The lowest BCUT2D eigenvalue weighted by Crippen LogP contribution is -2.17. The lowest BCUT2D eigenvalue weighted by Gasteiger charge is -2.33. The molecule has 0 aliphatic heterocycles. The van der Waals surface area contributed by atoms with Crippen LogP contribution in [-0.4, -0.2) is 0 Å². The smallest absolute Gasteiger partial charge is 0.0647 e. The van der Waals surface area contributed by atoms with Crippen molar-refractivity contribution in [1.82, 2.24) is 0 Å². The zero-order valence-corrected chi connectivity index (χ0v) is 45.3. The standard InChI is InChI=1S/C67H73N3S/c1-46-60(23-18-24-61(46)70(56-40-32-52(33-41-56)67(11,12)13)62-45-71-63-42-25-48(43-59(62)63)47-19-15-14-16-20-47)69(55-38-30-51(31-39-55)66(8,9)10)58-22-17-21-57(44-58)68(53-34-26-49(27-35-53)64(2,3)4)54-36-28-50(29-37-54)65(5,6)7/h15,17-45H,14,16H2,1-13H3. The van der Waals surface area contributed by atoms with Crippen LogP contribution in [0.5, 0.6) is 0 Å². The van der Waals surface area contributed by atoms with E-state index in [9.17, 15) is 0 Å². The maximum atomic E-state index is 2.50. The van der Waals surface area contributed by atoms with Gasteiger partial charge in [0.05, 0.1) is 17.1 Å². The van der Waals surface area contributed by atoms with Gasteiger partial charge in [-0.25, -0.2) is 0 Å². The molecule has 7 aromatic carbocycles. The molecule has 1 heterocycles. The van der Waals surface area contributed by atoms with Crippen molar-refractivity contribution in [2.45, 2.75) is 125 Å². The van der Waals surface area contributed by atoms with Crippen molar-refractivity contribution in [3.8, 4) is 0 Å². The fraction of sp³-hybridized carbons (Fsp3) is 0.284. The Morgan fingerprint density at radius 3 is 1.27 bits per heavy atom. The zero-order valence-electron chi connectivity index (χ0n) is 44.5. The first-order chi connectivity index (χ1) is 33.6. The van der Waals surface area contributed by atoms with Gasteiger partial charge < -0.3 is 14.7 Å². The van der Waals surface area contributed by atoms with Gasteiger partial charge in [0.2, 0.25) is 0 Å². The Bertz CT molecular complexity index is 3150. The second-order valence-corrected chi connectivity index (χ2v) is 24.5. The third-order valence-electron chi connectivity index (χ3n) is 14.2. The summed E-state index contributed by atoms with van der Waals surface area (Å²) in [4.78, 5) is 7.37. The lowest BCUT2D eigenvalue weighted by molar-refractivity contribution is 0.590. The van der Waals surface area contributed by atoms with Crippen molar-refractivity contribution in [2.75, 3.05) is 14.7 Å². The molecule has 1 aromatic heterocycles. The molecule has 0 bridgehead atoms. The van der Waals surface area contributed by atoms with Crippen LogP contribution in [0.4, 0.5) is 51.2 Å². The molecule has 1 aliphatic carbocycles. The summed E-state index contributed by atoms with van der Waals surface area (Å²) < 4.78 is 1.28. The van der Waals surface area contributed by atoms with Crippen LogP contribution in [0.1, 0.15) is 129 Å². The van der Waals surface area contributed by atoms with Gasteiger partial charge in [0.1, 0.15) is 0 Å². The summed E-state index contributed by atoms with van der Waals surface area (Å²) >= 11 is 1.82. The summed E-state index contributed by atoms with van der Waals surface area (Å²) in [5.74, 6) is 0. The highest BCUT2D eigenvalue weighted by molar-refractivity contribution is 7.17. The zero-order chi connectivity index (χ0) is 50.5. The van der Waals surface area contributed by atoms with Crippen molar-refractivity contribution >= 4 is 78.2 Å².